The molecule has 6 nitrogen and oxygen atoms in total. The molecule has 0 aliphatic rings. The number of nitrogens with zero attached hydrogens (tertiary/aromatic N) is 1. The fraction of sp³-hybridized carbons (Fsp3) is 0.188. The highest BCUT2D eigenvalue weighted by Crippen LogP contribution is 2.28. The minimum atomic E-state index is -4.06. The van der Waals surface area contributed by atoms with E-state index in [9.17, 15) is 17.6 Å². The van der Waals surface area contributed by atoms with Crippen LogP contribution in [-0.4, -0.2) is 32.7 Å². The van der Waals surface area contributed by atoms with Gasteiger partial charge in [0.2, 0.25) is 0 Å². The van der Waals surface area contributed by atoms with Crippen molar-refractivity contribution < 1.29 is 22.3 Å². The molecule has 1 amide bonds. The molecule has 2 aromatic carbocycles. The van der Waals surface area contributed by atoms with Gasteiger partial charge in [0.15, 0.2) is 0 Å². The number of nitrogens with one attached hydrogen (secondary N) is 1. The Morgan fingerprint density at radius 2 is 1.78 bits per heavy atom. The summed E-state index contributed by atoms with van der Waals surface area (Å²) in [7, 11) is -1.61. The molecule has 0 unspecified atom stereocenters. The third-order valence-corrected chi connectivity index (χ3v) is 5.86. The maximum absolute atomic E-state index is 14.3. The first-order valence-corrected chi connectivity index (χ1v) is 9.89. The molecular formula is C16H14Cl3FN2O4S. The Hall–Kier alpha value is -1.58. The molecule has 0 aromatic heterocycles. The van der Waals surface area contributed by atoms with Gasteiger partial charge in [-0.1, -0.05) is 34.8 Å². The lowest BCUT2D eigenvalue weighted by atomic mass is 10.1. The third kappa shape index (κ3) is 5.46. The monoisotopic (exact) mass is 454 g/mol. The van der Waals surface area contributed by atoms with Crippen LogP contribution in [0.3, 0.4) is 0 Å². The Balaban J connectivity index is 2.18. The number of halogens is 4. The summed E-state index contributed by atoms with van der Waals surface area (Å²) in [5, 5.41) is 0.681. The van der Waals surface area contributed by atoms with Crippen molar-refractivity contribution in [3.05, 3.63) is 62.3 Å². The molecule has 0 fully saturated rings. The average molecular weight is 456 g/mol. The van der Waals surface area contributed by atoms with E-state index in [0.717, 1.165) is 16.4 Å². The summed E-state index contributed by atoms with van der Waals surface area (Å²) in [4.78, 5) is 12.0. The second-order valence-electron chi connectivity index (χ2n) is 5.51. The highest BCUT2D eigenvalue weighted by molar-refractivity contribution is 7.87. The molecule has 1 N–H and O–H groups in total. The fourth-order valence-corrected chi connectivity index (χ4v) is 2.90. The number of carbonyl (C=O) groups excluding carboxylic acids is 1. The van der Waals surface area contributed by atoms with Crippen LogP contribution in [0.5, 0.6) is 5.75 Å². The minimum Gasteiger partial charge on any atom is -0.489 e. The summed E-state index contributed by atoms with van der Waals surface area (Å²) in [6.07, 6.45) is 0. The van der Waals surface area contributed by atoms with E-state index in [2.05, 4.69) is 0 Å². The van der Waals surface area contributed by atoms with Crippen molar-refractivity contribution in [2.24, 2.45) is 0 Å². The van der Waals surface area contributed by atoms with Crippen molar-refractivity contribution in [3.8, 4) is 5.75 Å². The lowest BCUT2D eigenvalue weighted by Gasteiger charge is -2.14. The Kier molecular flexibility index (Phi) is 6.93. The molecule has 146 valence electrons. The van der Waals surface area contributed by atoms with Gasteiger partial charge in [0.25, 0.3) is 5.91 Å². The van der Waals surface area contributed by atoms with Gasteiger partial charge in [-0.15, -0.1) is 0 Å². The average Bonchev–Trinajstić information content (AvgIpc) is 2.57. The van der Waals surface area contributed by atoms with Gasteiger partial charge in [0.05, 0.1) is 15.6 Å². The van der Waals surface area contributed by atoms with Gasteiger partial charge in [-0.2, -0.15) is 12.7 Å². The molecular weight excluding hydrogens is 442 g/mol. The van der Waals surface area contributed by atoms with Gasteiger partial charge < -0.3 is 4.74 Å². The molecule has 2 rings (SSSR count). The summed E-state index contributed by atoms with van der Waals surface area (Å²) in [5.41, 5.74) is -0.254. The van der Waals surface area contributed by atoms with Gasteiger partial charge in [0, 0.05) is 30.7 Å². The zero-order valence-electron chi connectivity index (χ0n) is 14.1. The van der Waals surface area contributed by atoms with E-state index in [-0.39, 0.29) is 17.2 Å². The topological polar surface area (TPSA) is 75.7 Å². The number of hydrogen-bond acceptors (Lipinski definition) is 4. The number of hydrogen-bond donors (Lipinski definition) is 1. The van der Waals surface area contributed by atoms with E-state index in [1.807, 2.05) is 0 Å². The van der Waals surface area contributed by atoms with Crippen LogP contribution in [0.1, 0.15) is 15.9 Å². The van der Waals surface area contributed by atoms with Gasteiger partial charge in [-0.25, -0.2) is 9.11 Å². The van der Waals surface area contributed by atoms with Crippen molar-refractivity contribution in [1.29, 1.82) is 0 Å². The van der Waals surface area contributed by atoms with E-state index in [1.165, 1.54) is 20.2 Å². The third-order valence-electron chi connectivity index (χ3n) is 3.37. The molecule has 0 aliphatic carbocycles. The predicted octanol–water partition coefficient (Wildman–Crippen LogP) is 3.90. The SMILES string of the molecule is CN(C)S(=O)(=O)NC(=O)c1cc(Cl)c(COc2ccc(Cl)c(Cl)c2)cc1F. The van der Waals surface area contributed by atoms with Crippen LogP contribution in [0.15, 0.2) is 30.3 Å². The molecule has 0 spiro atoms. The molecule has 2 aromatic rings. The zero-order chi connectivity index (χ0) is 20.4. The first-order valence-electron chi connectivity index (χ1n) is 7.31. The molecule has 0 bridgehead atoms. The number of amides is 1. The Bertz CT molecular complexity index is 984. The Morgan fingerprint density at radius 1 is 1.11 bits per heavy atom. The van der Waals surface area contributed by atoms with Crippen molar-refractivity contribution in [1.82, 2.24) is 9.03 Å². The summed E-state index contributed by atoms with van der Waals surface area (Å²) in [6, 6.07) is 6.64. The standard InChI is InChI=1S/C16H14Cl3FN2O4S/c1-22(2)27(24,25)21-16(23)11-7-13(18)9(5-15(11)20)8-26-10-3-4-12(17)14(19)6-10/h3-7H,8H2,1-2H3,(H,21,23). The van der Waals surface area contributed by atoms with Crippen LogP contribution in [0.2, 0.25) is 15.1 Å². The second kappa shape index (κ2) is 8.62. The van der Waals surface area contributed by atoms with Crippen LogP contribution in [0.4, 0.5) is 4.39 Å². The predicted molar refractivity (Wildman–Crippen MR) is 102 cm³/mol. The van der Waals surface area contributed by atoms with Crippen molar-refractivity contribution in [2.75, 3.05) is 14.1 Å². The maximum atomic E-state index is 14.3. The highest BCUT2D eigenvalue weighted by Gasteiger charge is 2.22. The lowest BCUT2D eigenvalue weighted by Crippen LogP contribution is -2.39. The molecule has 0 radical (unpaired) electrons. The zero-order valence-corrected chi connectivity index (χ0v) is 17.2. The van der Waals surface area contributed by atoms with Crippen molar-refractivity contribution >= 4 is 50.9 Å². The van der Waals surface area contributed by atoms with E-state index in [0.29, 0.717) is 15.8 Å². The van der Waals surface area contributed by atoms with Gasteiger partial charge in [0.1, 0.15) is 18.2 Å². The molecule has 0 aliphatic heterocycles. The molecule has 0 heterocycles. The van der Waals surface area contributed by atoms with E-state index in [4.69, 9.17) is 39.5 Å². The molecule has 0 saturated carbocycles. The van der Waals surface area contributed by atoms with Crippen molar-refractivity contribution in [2.45, 2.75) is 6.61 Å². The normalized spacial score (nSPS) is 11.5. The van der Waals surface area contributed by atoms with Gasteiger partial charge in [-0.05, 0) is 24.3 Å². The number of ether oxygens (including phenoxy) is 1. The Morgan fingerprint density at radius 3 is 2.37 bits per heavy atom. The first-order chi connectivity index (χ1) is 12.5. The first kappa shape index (κ1) is 21.7. The highest BCUT2D eigenvalue weighted by atomic mass is 35.5. The molecule has 11 heteroatoms. The van der Waals surface area contributed by atoms with Crippen molar-refractivity contribution in [3.63, 3.8) is 0 Å². The smallest absolute Gasteiger partial charge is 0.303 e. The van der Waals surface area contributed by atoms with Crippen LogP contribution in [-0.2, 0) is 16.8 Å². The van der Waals surface area contributed by atoms with Crippen LogP contribution in [0.25, 0.3) is 0 Å². The largest absolute Gasteiger partial charge is 0.489 e. The number of rotatable bonds is 6. The van der Waals surface area contributed by atoms with Crippen LogP contribution >= 0.6 is 34.8 Å². The summed E-state index contributed by atoms with van der Waals surface area (Å²) in [5.74, 6) is -1.70. The number of carbonyl (C=O) groups is 1. The molecule has 0 saturated heterocycles. The van der Waals surface area contributed by atoms with Gasteiger partial charge >= 0.3 is 10.2 Å². The fourth-order valence-electron chi connectivity index (χ4n) is 1.86. The van der Waals surface area contributed by atoms with E-state index in [1.54, 1.807) is 16.9 Å². The summed E-state index contributed by atoms with van der Waals surface area (Å²) in [6.45, 7) is -0.106. The van der Waals surface area contributed by atoms with Crippen LogP contribution in [0, 0.1) is 5.82 Å². The summed E-state index contributed by atoms with van der Waals surface area (Å²) >= 11 is 17.8. The second-order valence-corrected chi connectivity index (χ2v) is 8.61. The number of benzene rings is 2. The Labute approximate surface area is 171 Å². The molecule has 27 heavy (non-hydrogen) atoms. The lowest BCUT2D eigenvalue weighted by molar-refractivity contribution is 0.0975. The van der Waals surface area contributed by atoms with Gasteiger partial charge in [-0.3, -0.25) is 4.79 Å². The van der Waals surface area contributed by atoms with Crippen LogP contribution < -0.4 is 9.46 Å². The maximum Gasteiger partial charge on any atom is 0.303 e. The summed E-state index contributed by atoms with van der Waals surface area (Å²) < 4.78 is 45.6. The quantitative estimate of drug-likeness (QED) is 0.717. The van der Waals surface area contributed by atoms with E-state index < -0.39 is 27.5 Å². The van der Waals surface area contributed by atoms with E-state index >= 15 is 0 Å². The molecule has 0 atom stereocenters. The minimum absolute atomic E-state index is 0.0314.